The summed E-state index contributed by atoms with van der Waals surface area (Å²) in [5.41, 5.74) is 1.86. The summed E-state index contributed by atoms with van der Waals surface area (Å²) < 4.78 is 34.2. The van der Waals surface area contributed by atoms with E-state index in [-0.39, 0.29) is 12.6 Å². The molecule has 2 aromatic rings. The van der Waals surface area contributed by atoms with Crippen molar-refractivity contribution in [2.24, 2.45) is 0 Å². The van der Waals surface area contributed by atoms with Crippen LogP contribution in [0.25, 0.3) is 10.9 Å². The van der Waals surface area contributed by atoms with E-state index in [0.717, 1.165) is 29.4 Å². The minimum absolute atomic E-state index is 0.0646. The summed E-state index contributed by atoms with van der Waals surface area (Å²) in [5.74, 6) is 0. The molecule has 0 aliphatic carbocycles. The van der Waals surface area contributed by atoms with Crippen molar-refractivity contribution in [3.05, 3.63) is 36.0 Å². The normalized spacial score (nSPS) is 20.0. The average molecular weight is 323 g/mol. The molecule has 1 fully saturated rings. The van der Waals surface area contributed by atoms with Gasteiger partial charge >= 0.3 is 0 Å². The van der Waals surface area contributed by atoms with Crippen LogP contribution in [-0.2, 0) is 21.5 Å². The number of rotatable bonds is 6. The summed E-state index contributed by atoms with van der Waals surface area (Å²) in [5, 5.41) is 1.08. The molecule has 1 aliphatic heterocycles. The molecule has 0 spiro atoms. The highest BCUT2D eigenvalue weighted by Gasteiger charge is 2.33. The van der Waals surface area contributed by atoms with Gasteiger partial charge in [0.05, 0.1) is 13.2 Å². The molecule has 1 aromatic carbocycles. The first kappa shape index (κ1) is 15.5. The van der Waals surface area contributed by atoms with Gasteiger partial charge in [-0.25, -0.2) is 0 Å². The van der Waals surface area contributed by atoms with Crippen molar-refractivity contribution in [3.63, 3.8) is 0 Å². The lowest BCUT2D eigenvalue weighted by molar-refractivity contribution is 0.148. The monoisotopic (exact) mass is 323 g/mol. The summed E-state index contributed by atoms with van der Waals surface area (Å²) in [7, 11) is -1.89. The van der Waals surface area contributed by atoms with Gasteiger partial charge in [-0.3, -0.25) is 0 Å². The minimum atomic E-state index is -3.48. The molecule has 1 saturated heterocycles. The van der Waals surface area contributed by atoms with Crippen molar-refractivity contribution in [2.45, 2.75) is 25.4 Å². The van der Waals surface area contributed by atoms with Gasteiger partial charge in [-0.1, -0.05) is 18.2 Å². The molecular weight excluding hydrogens is 302 g/mol. The number of nitrogens with one attached hydrogen (secondary N) is 2. The van der Waals surface area contributed by atoms with E-state index in [1.54, 1.807) is 7.11 Å². The van der Waals surface area contributed by atoms with Gasteiger partial charge in [-0.15, -0.1) is 0 Å². The molecule has 6 nitrogen and oxygen atoms in total. The molecule has 120 valence electrons. The molecular formula is C15H21N3O3S. The maximum absolute atomic E-state index is 12.5. The highest BCUT2D eigenvalue weighted by Crippen LogP contribution is 2.21. The lowest BCUT2D eigenvalue weighted by Gasteiger charge is -2.23. The summed E-state index contributed by atoms with van der Waals surface area (Å²) >= 11 is 0. The molecule has 1 aromatic heterocycles. The lowest BCUT2D eigenvalue weighted by Crippen LogP contribution is -2.44. The Balaban J connectivity index is 1.69. The third-order valence-corrected chi connectivity index (χ3v) is 5.63. The van der Waals surface area contributed by atoms with Crippen LogP contribution in [0.5, 0.6) is 0 Å². The van der Waals surface area contributed by atoms with Crippen molar-refractivity contribution in [2.75, 3.05) is 20.3 Å². The average Bonchev–Trinajstić information content (AvgIpc) is 3.12. The van der Waals surface area contributed by atoms with E-state index in [4.69, 9.17) is 4.74 Å². The number of H-pyrrole nitrogens is 1. The van der Waals surface area contributed by atoms with Crippen LogP contribution in [0, 0.1) is 0 Å². The van der Waals surface area contributed by atoms with E-state index >= 15 is 0 Å². The van der Waals surface area contributed by atoms with Crippen LogP contribution in [0.15, 0.2) is 30.3 Å². The first-order chi connectivity index (χ1) is 10.6. The number of ether oxygens (including phenoxy) is 1. The number of hydrogen-bond acceptors (Lipinski definition) is 3. The molecule has 0 amide bonds. The lowest BCUT2D eigenvalue weighted by atomic mass is 10.2. The van der Waals surface area contributed by atoms with Crippen molar-refractivity contribution >= 4 is 21.1 Å². The number of para-hydroxylation sites is 1. The molecule has 3 rings (SSSR count). The second-order valence-electron chi connectivity index (χ2n) is 5.57. The highest BCUT2D eigenvalue weighted by atomic mass is 32.2. The number of nitrogens with zero attached hydrogens (tertiary/aromatic N) is 1. The van der Waals surface area contributed by atoms with Gasteiger partial charge in [0.2, 0.25) is 0 Å². The molecule has 2 N–H and O–H groups in total. The molecule has 0 radical (unpaired) electrons. The molecule has 7 heteroatoms. The van der Waals surface area contributed by atoms with E-state index in [9.17, 15) is 8.42 Å². The van der Waals surface area contributed by atoms with Crippen LogP contribution >= 0.6 is 0 Å². The van der Waals surface area contributed by atoms with Gasteiger partial charge in [0.25, 0.3) is 10.2 Å². The SMILES string of the molecule is COC[C@@H]1CCCN1S(=O)(=O)NCc1cc2ccccc2[nH]1. The third-order valence-electron chi connectivity index (χ3n) is 4.02. The molecule has 0 unspecified atom stereocenters. The standard InChI is InChI=1S/C15H21N3O3S/c1-21-11-14-6-4-8-18(14)22(19,20)16-10-13-9-12-5-2-3-7-15(12)17-13/h2-3,5,7,9,14,16-17H,4,6,8,10-11H2,1H3/t14-/m0/s1. The Hall–Kier alpha value is -1.41. The Bertz CT molecular complexity index is 708. The number of methoxy groups -OCH3 is 1. The smallest absolute Gasteiger partial charge is 0.280 e. The van der Waals surface area contributed by atoms with Crippen LogP contribution in [-0.4, -0.2) is 44.0 Å². The maximum atomic E-state index is 12.5. The number of hydrogen-bond donors (Lipinski definition) is 2. The number of aromatic nitrogens is 1. The van der Waals surface area contributed by atoms with Gasteiger partial charge in [-0.2, -0.15) is 17.4 Å². The Kier molecular flexibility index (Phi) is 4.49. The fourth-order valence-corrected chi connectivity index (χ4v) is 4.40. The van der Waals surface area contributed by atoms with Crippen molar-refractivity contribution in [1.29, 1.82) is 0 Å². The van der Waals surface area contributed by atoms with E-state index in [2.05, 4.69) is 9.71 Å². The number of aromatic amines is 1. The van der Waals surface area contributed by atoms with Crippen molar-refractivity contribution < 1.29 is 13.2 Å². The van der Waals surface area contributed by atoms with E-state index in [0.29, 0.717) is 13.2 Å². The van der Waals surface area contributed by atoms with Crippen LogP contribution < -0.4 is 4.72 Å². The second kappa shape index (κ2) is 6.37. The molecule has 22 heavy (non-hydrogen) atoms. The second-order valence-corrected chi connectivity index (χ2v) is 7.28. The third kappa shape index (κ3) is 3.17. The van der Waals surface area contributed by atoms with Gasteiger partial charge in [0.15, 0.2) is 0 Å². The van der Waals surface area contributed by atoms with E-state index in [1.165, 1.54) is 4.31 Å². The Morgan fingerprint density at radius 3 is 3.00 bits per heavy atom. The molecule has 1 atom stereocenters. The Morgan fingerprint density at radius 1 is 1.41 bits per heavy atom. The summed E-state index contributed by atoms with van der Waals surface area (Å²) in [6.07, 6.45) is 1.72. The minimum Gasteiger partial charge on any atom is -0.383 e. The zero-order valence-electron chi connectivity index (χ0n) is 12.6. The van der Waals surface area contributed by atoms with Gasteiger partial charge in [-0.05, 0) is 30.4 Å². The number of benzene rings is 1. The predicted molar refractivity (Wildman–Crippen MR) is 85.7 cm³/mol. The van der Waals surface area contributed by atoms with Crippen molar-refractivity contribution in [3.8, 4) is 0 Å². The predicted octanol–water partition coefficient (Wildman–Crippen LogP) is 1.61. The fourth-order valence-electron chi connectivity index (χ4n) is 2.97. The van der Waals surface area contributed by atoms with Crippen molar-refractivity contribution in [1.82, 2.24) is 14.0 Å². The topological polar surface area (TPSA) is 74.4 Å². The van der Waals surface area contributed by atoms with Gasteiger partial charge < -0.3 is 9.72 Å². The van der Waals surface area contributed by atoms with Gasteiger partial charge in [0.1, 0.15) is 0 Å². The first-order valence-electron chi connectivity index (χ1n) is 7.42. The summed E-state index contributed by atoms with van der Waals surface area (Å²) in [4.78, 5) is 3.22. The Labute approximate surface area is 130 Å². The fraction of sp³-hybridized carbons (Fsp3) is 0.467. The largest absolute Gasteiger partial charge is 0.383 e. The number of fused-ring (bicyclic) bond motifs is 1. The van der Waals surface area contributed by atoms with Crippen LogP contribution in [0.2, 0.25) is 0 Å². The van der Waals surface area contributed by atoms with E-state index < -0.39 is 10.2 Å². The highest BCUT2D eigenvalue weighted by molar-refractivity contribution is 7.87. The molecule has 2 heterocycles. The maximum Gasteiger partial charge on any atom is 0.280 e. The quantitative estimate of drug-likeness (QED) is 0.848. The Morgan fingerprint density at radius 2 is 2.23 bits per heavy atom. The molecule has 0 bridgehead atoms. The first-order valence-corrected chi connectivity index (χ1v) is 8.86. The van der Waals surface area contributed by atoms with Gasteiger partial charge in [0, 0.05) is 30.9 Å². The zero-order chi connectivity index (χ0) is 15.6. The van der Waals surface area contributed by atoms with Crippen LogP contribution in [0.3, 0.4) is 0 Å². The molecule has 0 saturated carbocycles. The molecule has 1 aliphatic rings. The summed E-state index contributed by atoms with van der Waals surface area (Å²) in [6.45, 7) is 1.25. The van der Waals surface area contributed by atoms with Crippen LogP contribution in [0.1, 0.15) is 18.5 Å². The summed E-state index contributed by atoms with van der Waals surface area (Å²) in [6, 6.07) is 9.79. The van der Waals surface area contributed by atoms with Crippen LogP contribution in [0.4, 0.5) is 0 Å². The zero-order valence-corrected chi connectivity index (χ0v) is 13.4. The van der Waals surface area contributed by atoms with E-state index in [1.807, 2.05) is 30.3 Å².